The van der Waals surface area contributed by atoms with Gasteiger partial charge < -0.3 is 5.32 Å². The van der Waals surface area contributed by atoms with Crippen LogP contribution in [-0.2, 0) is 16.6 Å². The summed E-state index contributed by atoms with van der Waals surface area (Å²) in [6.07, 6.45) is 3.32. The SMILES string of the molecule is Cc1ccc(S(=O)(=O)Nc2ccc(NCc3ccccn3)cn2)c(C)c1. The van der Waals surface area contributed by atoms with E-state index in [1.54, 1.807) is 43.6 Å². The highest BCUT2D eigenvalue weighted by atomic mass is 32.2. The molecule has 0 amide bonds. The second kappa shape index (κ2) is 7.53. The van der Waals surface area contributed by atoms with E-state index in [1.165, 1.54) is 0 Å². The maximum absolute atomic E-state index is 12.6. The number of anilines is 2. The van der Waals surface area contributed by atoms with Crippen LogP contribution in [0.15, 0.2) is 65.8 Å². The number of pyridine rings is 2. The van der Waals surface area contributed by atoms with E-state index < -0.39 is 10.0 Å². The van der Waals surface area contributed by atoms with Gasteiger partial charge in [0.25, 0.3) is 10.0 Å². The first-order valence-corrected chi connectivity index (χ1v) is 9.62. The van der Waals surface area contributed by atoms with Crippen molar-refractivity contribution in [2.75, 3.05) is 10.0 Å². The molecule has 0 spiro atoms. The van der Waals surface area contributed by atoms with Crippen LogP contribution in [0.5, 0.6) is 0 Å². The molecule has 0 fully saturated rings. The molecule has 1 aromatic carbocycles. The van der Waals surface area contributed by atoms with Crippen molar-refractivity contribution in [2.45, 2.75) is 25.3 Å². The highest BCUT2D eigenvalue weighted by molar-refractivity contribution is 7.92. The average Bonchev–Trinajstić information content (AvgIpc) is 2.61. The summed E-state index contributed by atoms with van der Waals surface area (Å²) in [4.78, 5) is 8.66. The lowest BCUT2D eigenvalue weighted by atomic mass is 10.2. The maximum atomic E-state index is 12.6. The fraction of sp³-hybridized carbons (Fsp3) is 0.158. The lowest BCUT2D eigenvalue weighted by molar-refractivity contribution is 0.600. The Bertz CT molecular complexity index is 988. The van der Waals surface area contributed by atoms with Gasteiger partial charge in [-0.1, -0.05) is 23.8 Å². The molecule has 0 atom stereocenters. The van der Waals surface area contributed by atoms with Crippen molar-refractivity contribution in [1.82, 2.24) is 9.97 Å². The van der Waals surface area contributed by atoms with Gasteiger partial charge in [0, 0.05) is 6.20 Å². The Labute approximate surface area is 153 Å². The number of hydrogen-bond acceptors (Lipinski definition) is 5. The summed E-state index contributed by atoms with van der Waals surface area (Å²) >= 11 is 0. The van der Waals surface area contributed by atoms with E-state index in [0.717, 1.165) is 16.9 Å². The Hall–Kier alpha value is -2.93. The van der Waals surface area contributed by atoms with E-state index in [4.69, 9.17) is 0 Å². The Kier molecular flexibility index (Phi) is 5.18. The van der Waals surface area contributed by atoms with E-state index in [2.05, 4.69) is 20.0 Å². The zero-order valence-corrected chi connectivity index (χ0v) is 15.4. The molecule has 2 N–H and O–H groups in total. The molecule has 0 saturated carbocycles. The number of hydrogen-bond donors (Lipinski definition) is 2. The Morgan fingerprint density at radius 3 is 2.50 bits per heavy atom. The van der Waals surface area contributed by atoms with Gasteiger partial charge in [0.15, 0.2) is 0 Å². The van der Waals surface area contributed by atoms with E-state index in [1.807, 2.05) is 31.2 Å². The van der Waals surface area contributed by atoms with Gasteiger partial charge >= 0.3 is 0 Å². The second-order valence-corrected chi connectivity index (χ2v) is 7.63. The second-order valence-electron chi connectivity index (χ2n) is 5.98. The standard InChI is InChI=1S/C19H20N4O2S/c1-14-6-8-18(15(2)11-14)26(24,25)23-19-9-7-17(13-22-19)21-12-16-5-3-4-10-20-16/h3-11,13,21H,12H2,1-2H3,(H,22,23). The molecule has 0 unspecified atom stereocenters. The highest BCUT2D eigenvalue weighted by Gasteiger charge is 2.17. The molecule has 0 saturated heterocycles. The van der Waals surface area contributed by atoms with Crippen LogP contribution in [-0.4, -0.2) is 18.4 Å². The molecule has 0 radical (unpaired) electrons. The molecule has 0 aliphatic rings. The molecule has 2 aromatic heterocycles. The highest BCUT2D eigenvalue weighted by Crippen LogP contribution is 2.20. The molecule has 26 heavy (non-hydrogen) atoms. The average molecular weight is 368 g/mol. The van der Waals surface area contributed by atoms with Crippen molar-refractivity contribution in [2.24, 2.45) is 0 Å². The number of nitrogens with zero attached hydrogens (tertiary/aromatic N) is 2. The monoisotopic (exact) mass is 368 g/mol. The molecular weight excluding hydrogens is 348 g/mol. The maximum Gasteiger partial charge on any atom is 0.263 e. The van der Waals surface area contributed by atoms with Crippen LogP contribution in [0.2, 0.25) is 0 Å². The summed E-state index contributed by atoms with van der Waals surface area (Å²) in [5.41, 5.74) is 3.41. The fourth-order valence-electron chi connectivity index (χ4n) is 2.55. The van der Waals surface area contributed by atoms with Crippen molar-refractivity contribution >= 4 is 21.5 Å². The minimum Gasteiger partial charge on any atom is -0.378 e. The van der Waals surface area contributed by atoms with Gasteiger partial charge in [0.05, 0.1) is 29.0 Å². The number of sulfonamides is 1. The summed E-state index contributed by atoms with van der Waals surface area (Å²) in [5.74, 6) is 0.272. The third-order valence-electron chi connectivity index (χ3n) is 3.82. The number of rotatable bonds is 6. The molecule has 7 heteroatoms. The third kappa shape index (κ3) is 4.37. The van der Waals surface area contributed by atoms with Crippen LogP contribution >= 0.6 is 0 Å². The molecule has 134 valence electrons. The summed E-state index contributed by atoms with van der Waals surface area (Å²) in [6.45, 7) is 4.27. The van der Waals surface area contributed by atoms with E-state index in [0.29, 0.717) is 12.1 Å². The molecule has 3 rings (SSSR count). The predicted molar refractivity (Wildman–Crippen MR) is 103 cm³/mol. The Balaban J connectivity index is 1.68. The van der Waals surface area contributed by atoms with Crippen LogP contribution in [0.25, 0.3) is 0 Å². The van der Waals surface area contributed by atoms with Crippen LogP contribution in [0.3, 0.4) is 0 Å². The minimum atomic E-state index is -3.67. The van der Waals surface area contributed by atoms with Gasteiger partial charge in [-0.15, -0.1) is 0 Å². The van der Waals surface area contributed by atoms with Gasteiger partial charge in [0.2, 0.25) is 0 Å². The zero-order chi connectivity index (χ0) is 18.6. The summed E-state index contributed by atoms with van der Waals surface area (Å²) < 4.78 is 27.6. The van der Waals surface area contributed by atoms with Gasteiger partial charge in [-0.05, 0) is 49.7 Å². The summed E-state index contributed by atoms with van der Waals surface area (Å²) in [7, 11) is -3.67. The van der Waals surface area contributed by atoms with Crippen molar-refractivity contribution in [3.8, 4) is 0 Å². The predicted octanol–water partition coefficient (Wildman–Crippen LogP) is 3.51. The number of aryl methyl sites for hydroxylation is 2. The van der Waals surface area contributed by atoms with Crippen LogP contribution in [0, 0.1) is 13.8 Å². The van der Waals surface area contributed by atoms with Crippen LogP contribution in [0.4, 0.5) is 11.5 Å². The largest absolute Gasteiger partial charge is 0.378 e. The lowest BCUT2D eigenvalue weighted by Gasteiger charge is -2.11. The van der Waals surface area contributed by atoms with Crippen LogP contribution < -0.4 is 10.0 Å². The van der Waals surface area contributed by atoms with E-state index in [9.17, 15) is 8.42 Å². The summed E-state index contributed by atoms with van der Waals surface area (Å²) in [6, 6.07) is 14.3. The summed E-state index contributed by atoms with van der Waals surface area (Å²) in [5, 5.41) is 3.20. The fourth-order valence-corrected chi connectivity index (χ4v) is 3.78. The van der Waals surface area contributed by atoms with E-state index in [-0.39, 0.29) is 10.7 Å². The van der Waals surface area contributed by atoms with Gasteiger partial charge in [0.1, 0.15) is 5.82 Å². The van der Waals surface area contributed by atoms with Crippen molar-refractivity contribution in [3.63, 3.8) is 0 Å². The third-order valence-corrected chi connectivity index (χ3v) is 5.34. The van der Waals surface area contributed by atoms with Gasteiger partial charge in [-0.25, -0.2) is 13.4 Å². The molecule has 6 nitrogen and oxygen atoms in total. The number of nitrogens with one attached hydrogen (secondary N) is 2. The molecule has 0 bridgehead atoms. The van der Waals surface area contributed by atoms with Crippen molar-refractivity contribution in [1.29, 1.82) is 0 Å². The first-order valence-electron chi connectivity index (χ1n) is 8.14. The number of benzene rings is 1. The Morgan fingerprint density at radius 1 is 1.00 bits per heavy atom. The molecular formula is C19H20N4O2S. The molecule has 2 heterocycles. The molecule has 0 aliphatic carbocycles. The minimum absolute atomic E-state index is 0.252. The normalized spacial score (nSPS) is 11.2. The van der Waals surface area contributed by atoms with Crippen molar-refractivity contribution < 1.29 is 8.42 Å². The topological polar surface area (TPSA) is 84.0 Å². The van der Waals surface area contributed by atoms with Gasteiger partial charge in [-0.2, -0.15) is 0 Å². The molecule has 3 aromatic rings. The quantitative estimate of drug-likeness (QED) is 0.696. The van der Waals surface area contributed by atoms with Gasteiger partial charge in [-0.3, -0.25) is 9.71 Å². The first kappa shape index (κ1) is 17.9. The smallest absolute Gasteiger partial charge is 0.263 e. The number of aromatic nitrogens is 2. The van der Waals surface area contributed by atoms with Crippen molar-refractivity contribution in [3.05, 3.63) is 77.7 Å². The van der Waals surface area contributed by atoms with E-state index >= 15 is 0 Å². The Morgan fingerprint density at radius 2 is 1.85 bits per heavy atom. The molecule has 0 aliphatic heterocycles. The first-order chi connectivity index (χ1) is 12.4. The van der Waals surface area contributed by atoms with Crippen LogP contribution in [0.1, 0.15) is 16.8 Å². The lowest BCUT2D eigenvalue weighted by Crippen LogP contribution is -2.15. The zero-order valence-electron chi connectivity index (χ0n) is 14.6.